The van der Waals surface area contributed by atoms with Crippen LogP contribution in [0.3, 0.4) is 0 Å². The molecule has 0 unspecified atom stereocenters. The maximum absolute atomic E-state index is 6.04. The lowest BCUT2D eigenvalue weighted by Crippen LogP contribution is -2.12. The SMILES string of the molecule is C=CC1=C(C=C)Oc2cc3c(cc2C1)CC(C=C)=C(/C=C\C)O3.CC.CC.CC. The maximum atomic E-state index is 6.04. The number of fused-ring (bicyclic) bond motifs is 2. The van der Waals surface area contributed by atoms with Crippen molar-refractivity contribution < 1.29 is 9.47 Å². The summed E-state index contributed by atoms with van der Waals surface area (Å²) in [6.45, 7) is 25.5. The van der Waals surface area contributed by atoms with Crippen LogP contribution in [0.2, 0.25) is 0 Å². The Kier molecular flexibility index (Phi) is 12.9. The normalized spacial score (nSPS) is 13.6. The topological polar surface area (TPSA) is 18.5 Å². The van der Waals surface area contributed by atoms with Gasteiger partial charge in [0.05, 0.1) is 0 Å². The van der Waals surface area contributed by atoms with E-state index >= 15 is 0 Å². The minimum atomic E-state index is 0.763. The van der Waals surface area contributed by atoms with Crippen molar-refractivity contribution in [3.63, 3.8) is 0 Å². The summed E-state index contributed by atoms with van der Waals surface area (Å²) in [6.07, 6.45) is 10.9. The fourth-order valence-electron chi connectivity index (χ4n) is 2.89. The first-order valence-corrected chi connectivity index (χ1v) is 10.7. The zero-order valence-corrected chi connectivity index (χ0v) is 19.4. The lowest BCUT2D eigenvalue weighted by molar-refractivity contribution is 0.400. The molecular formula is C27H38O2. The van der Waals surface area contributed by atoms with Crippen molar-refractivity contribution in [3.8, 4) is 11.5 Å². The molecule has 2 nitrogen and oxygen atoms in total. The van der Waals surface area contributed by atoms with Crippen LogP contribution in [0.4, 0.5) is 0 Å². The van der Waals surface area contributed by atoms with Gasteiger partial charge in [-0.05, 0) is 47.4 Å². The van der Waals surface area contributed by atoms with Crippen LogP contribution in [-0.4, -0.2) is 0 Å². The molecule has 1 aromatic carbocycles. The van der Waals surface area contributed by atoms with Crippen molar-refractivity contribution in [2.45, 2.75) is 61.3 Å². The Morgan fingerprint density at radius 3 is 1.55 bits per heavy atom. The van der Waals surface area contributed by atoms with Crippen LogP contribution in [0.1, 0.15) is 59.6 Å². The van der Waals surface area contributed by atoms with Crippen LogP contribution in [0.15, 0.2) is 84.9 Å². The Labute approximate surface area is 178 Å². The number of hydrogen-bond donors (Lipinski definition) is 0. The summed E-state index contributed by atoms with van der Waals surface area (Å²) in [5.41, 5.74) is 4.45. The van der Waals surface area contributed by atoms with E-state index in [2.05, 4.69) is 25.8 Å². The molecule has 2 aliphatic rings. The first-order chi connectivity index (χ1) is 14.2. The van der Waals surface area contributed by atoms with Crippen LogP contribution in [0, 0.1) is 0 Å². The van der Waals surface area contributed by atoms with E-state index in [1.165, 1.54) is 0 Å². The number of benzene rings is 1. The van der Waals surface area contributed by atoms with Gasteiger partial charge in [-0.1, -0.05) is 79.5 Å². The third-order valence-electron chi connectivity index (χ3n) is 4.07. The molecule has 2 heterocycles. The second-order valence-electron chi connectivity index (χ2n) is 5.52. The van der Waals surface area contributed by atoms with E-state index in [0.717, 1.165) is 58.1 Å². The molecule has 0 amide bonds. The predicted molar refractivity (Wildman–Crippen MR) is 129 cm³/mol. The Hall–Kier alpha value is -2.74. The summed E-state index contributed by atoms with van der Waals surface area (Å²) < 4.78 is 12.0. The lowest BCUT2D eigenvalue weighted by atomic mass is 9.93. The van der Waals surface area contributed by atoms with Gasteiger partial charge in [0.2, 0.25) is 0 Å². The van der Waals surface area contributed by atoms with E-state index in [4.69, 9.17) is 9.47 Å². The molecule has 1 aromatic rings. The van der Waals surface area contributed by atoms with Crippen molar-refractivity contribution in [1.29, 1.82) is 0 Å². The fraction of sp³-hybridized carbons (Fsp3) is 0.333. The average molecular weight is 395 g/mol. The van der Waals surface area contributed by atoms with E-state index in [-0.39, 0.29) is 0 Å². The molecule has 0 atom stereocenters. The minimum absolute atomic E-state index is 0.763. The van der Waals surface area contributed by atoms with Crippen molar-refractivity contribution >= 4 is 0 Å². The van der Waals surface area contributed by atoms with E-state index in [1.807, 2.05) is 78.8 Å². The number of ether oxygens (including phenoxy) is 2. The van der Waals surface area contributed by atoms with Gasteiger partial charge in [0.15, 0.2) is 0 Å². The molecule has 2 heteroatoms. The molecule has 0 radical (unpaired) electrons. The zero-order chi connectivity index (χ0) is 22.4. The summed E-state index contributed by atoms with van der Waals surface area (Å²) in [7, 11) is 0. The third-order valence-corrected chi connectivity index (χ3v) is 4.07. The fourth-order valence-corrected chi connectivity index (χ4v) is 2.89. The average Bonchev–Trinajstić information content (AvgIpc) is 2.80. The van der Waals surface area contributed by atoms with Gasteiger partial charge < -0.3 is 9.47 Å². The Balaban J connectivity index is 0.00000120. The third kappa shape index (κ3) is 6.39. The van der Waals surface area contributed by atoms with Crippen LogP contribution >= 0.6 is 0 Å². The van der Waals surface area contributed by atoms with Crippen molar-refractivity contribution in [2.75, 3.05) is 0 Å². The summed E-state index contributed by atoms with van der Waals surface area (Å²) >= 11 is 0. The first kappa shape index (κ1) is 26.3. The van der Waals surface area contributed by atoms with Crippen LogP contribution in [0.25, 0.3) is 0 Å². The zero-order valence-electron chi connectivity index (χ0n) is 19.4. The van der Waals surface area contributed by atoms with Gasteiger partial charge in [0, 0.05) is 18.9 Å². The molecule has 158 valence electrons. The van der Waals surface area contributed by atoms with Gasteiger partial charge in [-0.15, -0.1) is 0 Å². The molecule has 0 spiro atoms. The lowest BCUT2D eigenvalue weighted by Gasteiger charge is -2.25. The smallest absolute Gasteiger partial charge is 0.134 e. The molecule has 3 rings (SSSR count). The van der Waals surface area contributed by atoms with Crippen LogP contribution in [0.5, 0.6) is 11.5 Å². The predicted octanol–water partition coefficient (Wildman–Crippen LogP) is 8.28. The summed E-state index contributed by atoms with van der Waals surface area (Å²) in [4.78, 5) is 0. The van der Waals surface area contributed by atoms with E-state index in [1.54, 1.807) is 6.08 Å². The Morgan fingerprint density at radius 2 is 1.14 bits per heavy atom. The van der Waals surface area contributed by atoms with Gasteiger partial charge in [0.1, 0.15) is 23.0 Å². The minimum Gasteiger partial charge on any atom is -0.457 e. The molecule has 29 heavy (non-hydrogen) atoms. The standard InChI is InChI=1S/C21H20O2.3C2H6/c1-5-9-19-15(7-3)11-17-12-16-10-14(6-2)18(8-4)22-20(16)13-21(17)23-19;3*1-2/h5-9,12-13H,2-4,10-11H2,1H3;3*1-2H3/b9-5-;;;. The highest BCUT2D eigenvalue weighted by Gasteiger charge is 2.23. The first-order valence-electron chi connectivity index (χ1n) is 10.7. The summed E-state index contributed by atoms with van der Waals surface area (Å²) in [5.74, 6) is 3.27. The molecule has 0 fully saturated rings. The second kappa shape index (κ2) is 14.3. The highest BCUT2D eigenvalue weighted by atomic mass is 16.5. The molecule has 0 N–H and O–H groups in total. The Morgan fingerprint density at radius 1 is 0.690 bits per heavy atom. The summed E-state index contributed by atoms with van der Waals surface area (Å²) in [5, 5.41) is 0. The van der Waals surface area contributed by atoms with Crippen molar-refractivity contribution in [3.05, 3.63) is 96.0 Å². The van der Waals surface area contributed by atoms with Gasteiger partial charge in [-0.25, -0.2) is 0 Å². The maximum Gasteiger partial charge on any atom is 0.134 e. The van der Waals surface area contributed by atoms with Crippen molar-refractivity contribution in [2.24, 2.45) is 0 Å². The van der Waals surface area contributed by atoms with Gasteiger partial charge in [-0.3, -0.25) is 0 Å². The second-order valence-corrected chi connectivity index (χ2v) is 5.52. The van der Waals surface area contributed by atoms with E-state index in [9.17, 15) is 0 Å². The molecule has 0 bridgehead atoms. The van der Waals surface area contributed by atoms with Crippen molar-refractivity contribution in [1.82, 2.24) is 0 Å². The van der Waals surface area contributed by atoms with E-state index < -0.39 is 0 Å². The van der Waals surface area contributed by atoms with Gasteiger partial charge in [0.25, 0.3) is 0 Å². The molecular weight excluding hydrogens is 356 g/mol. The number of allylic oxidation sites excluding steroid dienone is 7. The molecule has 0 aromatic heterocycles. The highest BCUT2D eigenvalue weighted by molar-refractivity contribution is 5.56. The van der Waals surface area contributed by atoms with E-state index in [0.29, 0.717) is 0 Å². The molecule has 2 aliphatic heterocycles. The molecule has 0 aliphatic carbocycles. The summed E-state index contributed by atoms with van der Waals surface area (Å²) in [6, 6.07) is 4.13. The largest absolute Gasteiger partial charge is 0.457 e. The quantitative estimate of drug-likeness (QED) is 0.511. The number of hydrogen-bond acceptors (Lipinski definition) is 2. The Bertz CT molecular complexity index is 789. The highest BCUT2D eigenvalue weighted by Crippen LogP contribution is 2.40. The molecule has 0 saturated heterocycles. The number of rotatable bonds is 4. The van der Waals surface area contributed by atoms with Crippen LogP contribution in [-0.2, 0) is 12.8 Å². The van der Waals surface area contributed by atoms with Crippen LogP contribution < -0.4 is 9.47 Å². The monoisotopic (exact) mass is 394 g/mol. The van der Waals surface area contributed by atoms with Gasteiger partial charge >= 0.3 is 0 Å². The molecule has 0 saturated carbocycles. The van der Waals surface area contributed by atoms with Gasteiger partial charge in [-0.2, -0.15) is 0 Å².